The molecule has 2 aromatic heterocycles. The summed E-state index contributed by atoms with van der Waals surface area (Å²) in [6.45, 7) is 4.34. The number of hydrogen-bond acceptors (Lipinski definition) is 10. The Bertz CT molecular complexity index is 2450. The van der Waals surface area contributed by atoms with E-state index in [9.17, 15) is 32.4 Å². The van der Waals surface area contributed by atoms with Crippen LogP contribution in [-0.2, 0) is 48.3 Å². The van der Waals surface area contributed by atoms with Gasteiger partial charge in [0.1, 0.15) is 11.9 Å². The highest BCUT2D eigenvalue weighted by molar-refractivity contribution is 7.86. The van der Waals surface area contributed by atoms with Gasteiger partial charge in [0.05, 0.1) is 16.4 Å². The Balaban J connectivity index is 0.707. The van der Waals surface area contributed by atoms with Crippen LogP contribution in [0, 0.1) is 11.8 Å². The van der Waals surface area contributed by atoms with Crippen LogP contribution in [0.3, 0.4) is 0 Å². The number of imide groups is 1. The van der Waals surface area contributed by atoms with Crippen LogP contribution < -0.4 is 21.2 Å². The van der Waals surface area contributed by atoms with Crippen LogP contribution in [0.25, 0.3) is 11.0 Å². The predicted octanol–water partition coefficient (Wildman–Crippen LogP) is 2.35. The standard InChI is InChI=1S/C42H54N10O7S/c1-25-7-5-10-30(25)52-37-29(42(17-18-42)39(52)56)21-43-40(46-37)44-28-15-19-49(20-16-28)60(58,59)50-23-27-22-48(24-33(27)50)35(54)12-4-3-8-26-9-6-11-31-36(26)47(2)41(57)51(31)32-13-14-34(53)45-38(32)55/h6,9,11,21,25,27-28,30,32-33H,3-5,7-8,10,12-20,22-24H2,1-2H3,(H,43,44,46)(H,45,53,55). The number of piperidine rings is 2. The van der Waals surface area contributed by atoms with E-state index in [4.69, 9.17) is 4.98 Å². The van der Waals surface area contributed by atoms with E-state index in [1.807, 2.05) is 34.2 Å². The zero-order valence-corrected chi connectivity index (χ0v) is 35.2. The molecule has 4 saturated heterocycles. The van der Waals surface area contributed by atoms with Crippen LogP contribution in [0.15, 0.2) is 29.2 Å². The van der Waals surface area contributed by atoms with Gasteiger partial charge in [0.2, 0.25) is 29.6 Å². The molecule has 5 atom stereocenters. The summed E-state index contributed by atoms with van der Waals surface area (Å²) in [5, 5.41) is 5.81. The van der Waals surface area contributed by atoms with Crippen molar-refractivity contribution in [3.05, 3.63) is 46.0 Å². The Labute approximate surface area is 349 Å². The molecule has 10 rings (SSSR count). The van der Waals surface area contributed by atoms with E-state index in [2.05, 4.69) is 22.5 Å². The normalized spacial score (nSPS) is 28.0. The minimum absolute atomic E-state index is 0.00261. The number of amides is 4. The number of anilines is 2. The first-order valence-corrected chi connectivity index (χ1v) is 23.3. The number of nitrogens with one attached hydrogen (secondary N) is 2. The maximum absolute atomic E-state index is 13.9. The van der Waals surface area contributed by atoms with Crippen LogP contribution in [-0.4, -0.2) is 116 Å². The van der Waals surface area contributed by atoms with Crippen LogP contribution in [0.5, 0.6) is 0 Å². The molecular weight excluding hydrogens is 789 g/mol. The zero-order chi connectivity index (χ0) is 41.7. The summed E-state index contributed by atoms with van der Waals surface area (Å²) in [5.74, 6) is 1.21. The van der Waals surface area contributed by atoms with Crippen LogP contribution in [0.2, 0.25) is 0 Å². The molecule has 2 aliphatic carbocycles. The largest absolute Gasteiger partial charge is 0.351 e. The van der Waals surface area contributed by atoms with Gasteiger partial charge in [-0.25, -0.2) is 9.78 Å². The summed E-state index contributed by atoms with van der Waals surface area (Å²) < 4.78 is 34.0. The molecule has 4 amide bonds. The molecule has 5 unspecified atom stereocenters. The second-order valence-corrected chi connectivity index (χ2v) is 20.2. The predicted molar refractivity (Wildman–Crippen MR) is 221 cm³/mol. The number of carbonyl (C=O) groups is 4. The molecule has 5 aliphatic heterocycles. The molecule has 6 fully saturated rings. The van der Waals surface area contributed by atoms with E-state index in [-0.39, 0.29) is 60.3 Å². The fourth-order valence-electron chi connectivity index (χ4n) is 11.2. The first-order valence-electron chi connectivity index (χ1n) is 21.9. The summed E-state index contributed by atoms with van der Waals surface area (Å²) in [4.78, 5) is 78.0. The highest BCUT2D eigenvalue weighted by Crippen LogP contribution is 2.58. The molecule has 3 aromatic rings. The number of para-hydroxylation sites is 1. The SMILES string of the molecule is CC1CCCC1N1C(=O)C2(CC2)c2cnc(NC3CCN(S(=O)(=O)N4CC5CN(C(=O)CCCCc6cccc7c6n(C)c(=O)n7C6CCC(=O)NC6=O)CC54)CC3)nc21. The van der Waals surface area contributed by atoms with Gasteiger partial charge in [0, 0.05) is 88.4 Å². The lowest BCUT2D eigenvalue weighted by Crippen LogP contribution is -2.62. The quantitative estimate of drug-likeness (QED) is 0.214. The summed E-state index contributed by atoms with van der Waals surface area (Å²) in [6.07, 6.45) is 10.8. The number of nitrogens with zero attached hydrogens (tertiary/aromatic N) is 8. The van der Waals surface area contributed by atoms with E-state index in [0.717, 1.165) is 54.6 Å². The molecule has 320 valence electrons. The van der Waals surface area contributed by atoms with Gasteiger partial charge in [-0.3, -0.25) is 38.5 Å². The molecule has 2 N–H and O–H groups in total. The number of fused-ring (bicyclic) bond motifs is 4. The van der Waals surface area contributed by atoms with Gasteiger partial charge in [0.15, 0.2) is 0 Å². The third-order valence-corrected chi connectivity index (χ3v) is 16.8. The minimum atomic E-state index is -3.69. The van der Waals surface area contributed by atoms with Crippen LogP contribution in [0.4, 0.5) is 11.8 Å². The lowest BCUT2D eigenvalue weighted by molar-refractivity contribution is -0.136. The smallest absolute Gasteiger partial charge is 0.329 e. The summed E-state index contributed by atoms with van der Waals surface area (Å²) >= 11 is 0. The monoisotopic (exact) mass is 842 g/mol. The molecular formula is C42H54N10O7S. The lowest BCUT2D eigenvalue weighted by Gasteiger charge is -2.45. The van der Waals surface area contributed by atoms with Crippen LogP contribution in [0.1, 0.15) is 101 Å². The lowest BCUT2D eigenvalue weighted by atomic mass is 9.96. The number of aromatic nitrogens is 4. The first kappa shape index (κ1) is 39.5. The molecule has 17 nitrogen and oxygen atoms in total. The second-order valence-electron chi connectivity index (χ2n) is 18.4. The molecule has 1 spiro atoms. The van der Waals surface area contributed by atoms with E-state index in [0.29, 0.717) is 88.6 Å². The van der Waals surface area contributed by atoms with Crippen molar-refractivity contribution in [2.24, 2.45) is 18.9 Å². The van der Waals surface area contributed by atoms with E-state index in [1.54, 1.807) is 20.2 Å². The highest BCUT2D eigenvalue weighted by Gasteiger charge is 2.62. The highest BCUT2D eigenvalue weighted by atomic mass is 32.2. The number of aryl methyl sites for hydroxylation is 2. The minimum Gasteiger partial charge on any atom is -0.351 e. The average molecular weight is 843 g/mol. The van der Waals surface area contributed by atoms with E-state index < -0.39 is 27.6 Å². The van der Waals surface area contributed by atoms with Gasteiger partial charge in [0.25, 0.3) is 10.2 Å². The zero-order valence-electron chi connectivity index (χ0n) is 34.3. The van der Waals surface area contributed by atoms with Gasteiger partial charge < -0.3 is 10.2 Å². The Kier molecular flexibility index (Phi) is 9.70. The average Bonchev–Trinajstić information content (AvgIpc) is 3.63. The third kappa shape index (κ3) is 6.37. The maximum Gasteiger partial charge on any atom is 0.329 e. The number of imidazole rings is 1. The van der Waals surface area contributed by atoms with Gasteiger partial charge >= 0.3 is 5.69 Å². The number of carbonyl (C=O) groups excluding carboxylic acids is 4. The van der Waals surface area contributed by atoms with Crippen molar-refractivity contribution in [2.75, 3.05) is 42.9 Å². The summed E-state index contributed by atoms with van der Waals surface area (Å²) in [6, 6.07) is 4.86. The summed E-state index contributed by atoms with van der Waals surface area (Å²) in [7, 11) is -2.00. The number of likely N-dealkylation sites (tertiary alicyclic amines) is 1. The molecule has 7 aliphatic rings. The second kappa shape index (κ2) is 14.8. The number of unbranched alkanes of at least 4 members (excludes halogenated alkanes) is 1. The van der Waals surface area contributed by atoms with Gasteiger partial charge in [-0.1, -0.05) is 25.5 Å². The Morgan fingerprint density at radius 1 is 0.983 bits per heavy atom. The van der Waals surface area contributed by atoms with Gasteiger partial charge in [-0.2, -0.15) is 22.0 Å². The molecule has 1 aromatic carbocycles. The van der Waals surface area contributed by atoms with Crippen molar-refractivity contribution in [2.45, 2.75) is 120 Å². The first-order chi connectivity index (χ1) is 28.9. The molecule has 0 radical (unpaired) electrons. The maximum atomic E-state index is 13.9. The van der Waals surface area contributed by atoms with Crippen molar-refractivity contribution in [1.29, 1.82) is 0 Å². The van der Waals surface area contributed by atoms with Gasteiger partial charge in [-0.05, 0) is 81.8 Å². The fraction of sp³-hybridized carbons (Fsp3) is 0.643. The Hall–Kier alpha value is -4.68. The number of rotatable bonds is 11. The van der Waals surface area contributed by atoms with E-state index >= 15 is 0 Å². The Morgan fingerprint density at radius 3 is 2.52 bits per heavy atom. The van der Waals surface area contributed by atoms with Crippen molar-refractivity contribution < 1.29 is 27.6 Å². The molecule has 60 heavy (non-hydrogen) atoms. The topological polar surface area (TPSA) is 192 Å². The van der Waals surface area contributed by atoms with Gasteiger partial charge in [-0.15, -0.1) is 0 Å². The third-order valence-electron chi connectivity index (χ3n) is 14.8. The number of hydrogen-bond donors (Lipinski definition) is 2. The van der Waals surface area contributed by atoms with Crippen LogP contribution >= 0.6 is 0 Å². The van der Waals surface area contributed by atoms with Crippen molar-refractivity contribution in [3.63, 3.8) is 0 Å². The molecule has 0 bridgehead atoms. The molecule has 2 saturated carbocycles. The van der Waals surface area contributed by atoms with Crippen molar-refractivity contribution in [1.82, 2.24) is 37.9 Å². The molecule has 18 heteroatoms. The van der Waals surface area contributed by atoms with Crippen molar-refractivity contribution in [3.8, 4) is 0 Å². The number of benzene rings is 1. The fourth-order valence-corrected chi connectivity index (χ4v) is 13.1. The summed E-state index contributed by atoms with van der Waals surface area (Å²) in [5.41, 5.74) is 2.56. The van der Waals surface area contributed by atoms with Crippen molar-refractivity contribution >= 4 is 56.6 Å². The molecule has 7 heterocycles. The van der Waals surface area contributed by atoms with E-state index in [1.165, 1.54) is 4.57 Å². The Morgan fingerprint density at radius 2 is 1.78 bits per heavy atom.